The second kappa shape index (κ2) is 4.89. The summed E-state index contributed by atoms with van der Waals surface area (Å²) < 4.78 is 5.33. The molecule has 0 aliphatic carbocycles. The predicted molar refractivity (Wildman–Crippen MR) is 67.1 cm³/mol. The van der Waals surface area contributed by atoms with Crippen molar-refractivity contribution < 1.29 is 24.5 Å². The van der Waals surface area contributed by atoms with Crippen molar-refractivity contribution >= 4 is 17.6 Å². The second-order valence-electron chi connectivity index (χ2n) is 4.78. The molecule has 1 amide bonds. The third-order valence-electron chi connectivity index (χ3n) is 3.04. The van der Waals surface area contributed by atoms with Crippen LogP contribution in [0.4, 0.5) is 5.69 Å². The molecule has 102 valence electrons. The van der Waals surface area contributed by atoms with Gasteiger partial charge in [0.2, 0.25) is 0 Å². The van der Waals surface area contributed by atoms with Crippen LogP contribution in [0.2, 0.25) is 0 Å². The lowest BCUT2D eigenvalue weighted by atomic mass is 9.99. The van der Waals surface area contributed by atoms with Crippen molar-refractivity contribution in [1.29, 1.82) is 0 Å². The fraction of sp³-hybridized carbons (Fsp3) is 0.385. The van der Waals surface area contributed by atoms with Crippen LogP contribution in [0.15, 0.2) is 24.3 Å². The number of morpholine rings is 1. The van der Waals surface area contributed by atoms with Crippen LogP contribution in [0.3, 0.4) is 0 Å². The van der Waals surface area contributed by atoms with Crippen molar-refractivity contribution in [1.82, 2.24) is 0 Å². The summed E-state index contributed by atoms with van der Waals surface area (Å²) in [5.41, 5.74) is -0.588. The molecule has 0 radical (unpaired) electrons. The summed E-state index contributed by atoms with van der Waals surface area (Å²) in [4.78, 5) is 24.1. The maximum Gasteiger partial charge on any atom is 0.306 e. The van der Waals surface area contributed by atoms with Crippen molar-refractivity contribution in [3.8, 4) is 5.75 Å². The number of phenolic OH excluding ortho intramolecular Hbond substituents is 1. The van der Waals surface area contributed by atoms with Gasteiger partial charge in [0, 0.05) is 0 Å². The number of amides is 1. The van der Waals surface area contributed by atoms with E-state index < -0.39 is 11.6 Å². The quantitative estimate of drug-likeness (QED) is 0.851. The Balaban J connectivity index is 2.27. The molecule has 1 aromatic carbocycles. The normalized spacial score (nSPS) is 23.4. The molecule has 6 heteroatoms. The van der Waals surface area contributed by atoms with Gasteiger partial charge in [0.1, 0.15) is 12.4 Å². The highest BCUT2D eigenvalue weighted by Crippen LogP contribution is 2.32. The van der Waals surface area contributed by atoms with Crippen molar-refractivity contribution in [2.24, 2.45) is 0 Å². The van der Waals surface area contributed by atoms with Gasteiger partial charge in [-0.15, -0.1) is 0 Å². The summed E-state index contributed by atoms with van der Waals surface area (Å²) in [6.07, 6.45) is -0.204. The van der Waals surface area contributed by atoms with Gasteiger partial charge < -0.3 is 19.8 Å². The van der Waals surface area contributed by atoms with E-state index >= 15 is 0 Å². The first-order valence-electron chi connectivity index (χ1n) is 5.85. The van der Waals surface area contributed by atoms with Gasteiger partial charge in [-0.05, 0) is 19.1 Å². The van der Waals surface area contributed by atoms with E-state index in [9.17, 15) is 14.7 Å². The van der Waals surface area contributed by atoms with Crippen LogP contribution >= 0.6 is 0 Å². The Labute approximate surface area is 110 Å². The molecule has 19 heavy (non-hydrogen) atoms. The summed E-state index contributed by atoms with van der Waals surface area (Å²) in [6, 6.07) is 6.44. The first kappa shape index (κ1) is 13.4. The van der Waals surface area contributed by atoms with Crippen molar-refractivity contribution in [2.75, 3.05) is 18.1 Å². The summed E-state index contributed by atoms with van der Waals surface area (Å²) in [5.74, 6) is -1.31. The molecule has 1 aliphatic rings. The number of carboxylic acids is 1. The Kier molecular flexibility index (Phi) is 3.44. The van der Waals surface area contributed by atoms with E-state index in [0.29, 0.717) is 5.69 Å². The van der Waals surface area contributed by atoms with Crippen LogP contribution in [0.1, 0.15) is 13.3 Å². The number of benzene rings is 1. The molecular formula is C13H15NO5. The highest BCUT2D eigenvalue weighted by atomic mass is 16.5. The van der Waals surface area contributed by atoms with Crippen LogP contribution in [0.5, 0.6) is 5.75 Å². The van der Waals surface area contributed by atoms with Gasteiger partial charge in [-0.25, -0.2) is 0 Å². The van der Waals surface area contributed by atoms with Gasteiger partial charge in [0.05, 0.1) is 24.3 Å². The van der Waals surface area contributed by atoms with E-state index in [2.05, 4.69) is 0 Å². The molecule has 1 fully saturated rings. The number of para-hydroxylation sites is 2. The highest BCUT2D eigenvalue weighted by molar-refractivity contribution is 5.96. The van der Waals surface area contributed by atoms with Crippen LogP contribution in [0.25, 0.3) is 0 Å². The minimum atomic E-state index is -0.992. The van der Waals surface area contributed by atoms with Crippen molar-refractivity contribution in [2.45, 2.75) is 18.9 Å². The lowest BCUT2D eigenvalue weighted by molar-refractivity contribution is -0.151. The van der Waals surface area contributed by atoms with Crippen molar-refractivity contribution in [3.63, 3.8) is 0 Å². The van der Waals surface area contributed by atoms with E-state index in [-0.39, 0.29) is 31.2 Å². The maximum absolute atomic E-state index is 11.9. The van der Waals surface area contributed by atoms with Gasteiger partial charge in [-0.1, -0.05) is 12.1 Å². The minimum absolute atomic E-state index is 0.0181. The topological polar surface area (TPSA) is 87.1 Å². The van der Waals surface area contributed by atoms with E-state index in [0.717, 1.165) is 0 Å². The fourth-order valence-corrected chi connectivity index (χ4v) is 2.12. The Morgan fingerprint density at radius 2 is 2.16 bits per heavy atom. The second-order valence-corrected chi connectivity index (χ2v) is 4.78. The standard InChI is InChI=1S/C13H15NO5/c1-13(6-12(17)18)8-14(11(16)7-19-13)9-4-2-3-5-10(9)15/h2-5,15H,6-8H2,1H3,(H,17,18). The van der Waals surface area contributed by atoms with E-state index in [1.54, 1.807) is 25.1 Å². The number of rotatable bonds is 3. The number of aliphatic carboxylic acids is 1. The number of carboxylic acid groups (broad SMARTS) is 1. The van der Waals surface area contributed by atoms with Gasteiger partial charge in [-0.3, -0.25) is 9.59 Å². The predicted octanol–water partition coefficient (Wildman–Crippen LogP) is 0.989. The number of hydrogen-bond acceptors (Lipinski definition) is 4. The summed E-state index contributed by atoms with van der Waals surface area (Å²) in [6.45, 7) is 1.54. The van der Waals surface area contributed by atoms with Crippen LogP contribution in [-0.4, -0.2) is 40.8 Å². The molecule has 1 aromatic rings. The first-order valence-corrected chi connectivity index (χ1v) is 5.85. The first-order chi connectivity index (χ1) is 8.91. The summed E-state index contributed by atoms with van der Waals surface area (Å²) >= 11 is 0. The molecule has 6 nitrogen and oxygen atoms in total. The maximum atomic E-state index is 11.9. The lowest BCUT2D eigenvalue weighted by Crippen LogP contribution is -2.54. The Hall–Kier alpha value is -2.08. The number of hydrogen-bond donors (Lipinski definition) is 2. The Morgan fingerprint density at radius 1 is 1.47 bits per heavy atom. The molecule has 0 aromatic heterocycles. The average molecular weight is 265 g/mol. The summed E-state index contributed by atoms with van der Waals surface area (Å²) in [5, 5.41) is 18.7. The molecule has 2 rings (SSSR count). The minimum Gasteiger partial charge on any atom is -0.506 e. The molecule has 1 heterocycles. The van der Waals surface area contributed by atoms with Gasteiger partial charge in [0.25, 0.3) is 5.91 Å². The van der Waals surface area contributed by atoms with Crippen molar-refractivity contribution in [3.05, 3.63) is 24.3 Å². The molecule has 2 N–H and O–H groups in total. The van der Waals surface area contributed by atoms with E-state index in [4.69, 9.17) is 9.84 Å². The number of ether oxygens (including phenoxy) is 1. The Morgan fingerprint density at radius 3 is 2.79 bits per heavy atom. The third kappa shape index (κ3) is 2.85. The number of anilines is 1. The smallest absolute Gasteiger partial charge is 0.306 e. The third-order valence-corrected chi connectivity index (χ3v) is 3.04. The molecule has 1 atom stereocenters. The molecule has 1 saturated heterocycles. The van der Waals surface area contributed by atoms with Gasteiger partial charge >= 0.3 is 5.97 Å². The summed E-state index contributed by atoms with van der Waals surface area (Å²) in [7, 11) is 0. The number of carbonyl (C=O) groups excluding carboxylic acids is 1. The molecule has 1 unspecified atom stereocenters. The van der Waals surface area contributed by atoms with E-state index in [1.165, 1.54) is 11.0 Å². The van der Waals surface area contributed by atoms with Gasteiger partial charge in [-0.2, -0.15) is 0 Å². The van der Waals surface area contributed by atoms with Crippen LogP contribution in [-0.2, 0) is 14.3 Å². The number of phenols is 1. The molecule has 0 saturated carbocycles. The monoisotopic (exact) mass is 265 g/mol. The zero-order valence-electron chi connectivity index (χ0n) is 10.5. The number of nitrogens with zero attached hydrogens (tertiary/aromatic N) is 1. The van der Waals surface area contributed by atoms with E-state index in [1.807, 2.05) is 0 Å². The zero-order chi connectivity index (χ0) is 14.0. The van der Waals surface area contributed by atoms with Gasteiger partial charge in [0.15, 0.2) is 0 Å². The van der Waals surface area contributed by atoms with Crippen LogP contribution < -0.4 is 4.90 Å². The highest BCUT2D eigenvalue weighted by Gasteiger charge is 2.39. The fourth-order valence-electron chi connectivity index (χ4n) is 2.12. The van der Waals surface area contributed by atoms with Crippen LogP contribution in [0, 0.1) is 0 Å². The molecule has 0 bridgehead atoms. The molecular weight excluding hydrogens is 250 g/mol. The Bertz CT molecular complexity index is 516. The molecule has 0 spiro atoms. The SMILES string of the molecule is CC1(CC(=O)O)CN(c2ccccc2O)C(=O)CO1. The number of carbonyl (C=O) groups is 2. The largest absolute Gasteiger partial charge is 0.506 e. The average Bonchev–Trinajstić information content (AvgIpc) is 2.32. The lowest BCUT2D eigenvalue weighted by Gasteiger charge is -2.39. The number of aromatic hydroxyl groups is 1. The molecule has 1 aliphatic heterocycles. The zero-order valence-corrected chi connectivity index (χ0v) is 10.5.